The quantitative estimate of drug-likeness (QED) is 0.557. The summed E-state index contributed by atoms with van der Waals surface area (Å²) in [5.74, 6) is -0.461. The van der Waals surface area contributed by atoms with E-state index in [0.29, 0.717) is 12.2 Å². The van der Waals surface area contributed by atoms with E-state index in [0.717, 1.165) is 0 Å². The van der Waals surface area contributed by atoms with E-state index in [-0.39, 0.29) is 12.4 Å². The molecule has 0 unspecified atom stereocenters. The third-order valence-corrected chi connectivity index (χ3v) is 1.26. The number of carbonyl (C=O) groups excluding carboxylic acids is 1. The van der Waals surface area contributed by atoms with Crippen LogP contribution < -0.4 is 0 Å². The Morgan fingerprint density at radius 2 is 1.92 bits per heavy atom. The van der Waals surface area contributed by atoms with Crippen LogP contribution in [-0.2, 0) is 9.78 Å². The van der Waals surface area contributed by atoms with Gasteiger partial charge < -0.3 is 0 Å². The number of halogens is 1. The van der Waals surface area contributed by atoms with Crippen LogP contribution in [0.25, 0.3) is 0 Å². The topological polar surface area (TPSA) is 35.5 Å². The van der Waals surface area contributed by atoms with Crippen molar-refractivity contribution in [1.82, 2.24) is 0 Å². The average molecular weight is 203 g/mol. The van der Waals surface area contributed by atoms with Gasteiger partial charge in [-0.3, -0.25) is 4.89 Å². The van der Waals surface area contributed by atoms with Gasteiger partial charge >= 0.3 is 5.97 Å². The van der Waals surface area contributed by atoms with Crippen LogP contribution in [0.15, 0.2) is 30.3 Å². The van der Waals surface area contributed by atoms with Crippen LogP contribution in [-0.4, -0.2) is 12.6 Å². The van der Waals surface area contributed by atoms with Crippen LogP contribution >= 0.6 is 12.4 Å². The molecule has 1 rings (SSSR count). The summed E-state index contributed by atoms with van der Waals surface area (Å²) in [6.07, 6.45) is 0. The van der Waals surface area contributed by atoms with Gasteiger partial charge in [-0.15, -0.1) is 12.4 Å². The summed E-state index contributed by atoms with van der Waals surface area (Å²) >= 11 is 0. The second-order valence-electron chi connectivity index (χ2n) is 2.14. The zero-order valence-electron chi connectivity index (χ0n) is 7.23. The summed E-state index contributed by atoms with van der Waals surface area (Å²) in [5, 5.41) is 0. The molecule has 3 nitrogen and oxygen atoms in total. The van der Waals surface area contributed by atoms with E-state index in [1.54, 1.807) is 31.2 Å². The Kier molecular flexibility index (Phi) is 5.93. The highest BCUT2D eigenvalue weighted by Gasteiger charge is 2.05. The maximum Gasteiger partial charge on any atom is 0.373 e. The summed E-state index contributed by atoms with van der Waals surface area (Å²) < 4.78 is 0. The molecule has 0 spiro atoms. The van der Waals surface area contributed by atoms with Crippen LogP contribution in [0.1, 0.15) is 17.3 Å². The molecule has 0 saturated heterocycles. The molecule has 4 heteroatoms. The van der Waals surface area contributed by atoms with Gasteiger partial charge in [-0.1, -0.05) is 18.2 Å². The highest BCUT2D eigenvalue weighted by molar-refractivity contribution is 5.88. The van der Waals surface area contributed by atoms with Gasteiger partial charge in [-0.2, -0.15) is 4.89 Å². The lowest BCUT2D eigenvalue weighted by Gasteiger charge is -1.99. The van der Waals surface area contributed by atoms with Crippen molar-refractivity contribution in [2.45, 2.75) is 6.92 Å². The highest BCUT2D eigenvalue weighted by Crippen LogP contribution is 2.00. The first-order chi connectivity index (χ1) is 5.84. The zero-order chi connectivity index (χ0) is 8.81. The molecule has 0 amide bonds. The Labute approximate surface area is 83.0 Å². The van der Waals surface area contributed by atoms with Gasteiger partial charge in [0.05, 0.1) is 12.2 Å². The van der Waals surface area contributed by atoms with E-state index >= 15 is 0 Å². The maximum absolute atomic E-state index is 11.1. The second kappa shape index (κ2) is 6.46. The third kappa shape index (κ3) is 3.92. The standard InChI is InChI=1S/C9H10O3.ClH/c1-2-11-12-9(10)8-6-4-3-5-7-8;/h3-7H,2H2,1H3;1H. The Balaban J connectivity index is 0.00000144. The van der Waals surface area contributed by atoms with Crippen molar-refractivity contribution >= 4 is 18.4 Å². The Morgan fingerprint density at radius 3 is 2.46 bits per heavy atom. The van der Waals surface area contributed by atoms with Gasteiger partial charge in [-0.05, 0) is 19.1 Å². The van der Waals surface area contributed by atoms with E-state index in [2.05, 4.69) is 9.78 Å². The molecule has 0 aliphatic heterocycles. The van der Waals surface area contributed by atoms with Gasteiger partial charge in [0.2, 0.25) is 0 Å². The molecular weight excluding hydrogens is 192 g/mol. The van der Waals surface area contributed by atoms with Crippen LogP contribution in [0.5, 0.6) is 0 Å². The molecule has 1 aromatic carbocycles. The zero-order valence-corrected chi connectivity index (χ0v) is 8.04. The van der Waals surface area contributed by atoms with E-state index in [1.807, 2.05) is 6.07 Å². The van der Waals surface area contributed by atoms with E-state index in [1.165, 1.54) is 0 Å². The minimum Gasteiger partial charge on any atom is -0.293 e. The fourth-order valence-corrected chi connectivity index (χ4v) is 0.735. The fourth-order valence-electron chi connectivity index (χ4n) is 0.735. The smallest absolute Gasteiger partial charge is 0.293 e. The molecule has 72 valence electrons. The highest BCUT2D eigenvalue weighted by atomic mass is 35.5. The first kappa shape index (κ1) is 11.9. The summed E-state index contributed by atoms with van der Waals surface area (Å²) in [4.78, 5) is 20.0. The van der Waals surface area contributed by atoms with Crippen LogP contribution in [0.2, 0.25) is 0 Å². The van der Waals surface area contributed by atoms with Gasteiger partial charge in [0.1, 0.15) is 0 Å². The van der Waals surface area contributed by atoms with Gasteiger partial charge in [-0.25, -0.2) is 4.79 Å². The molecule has 0 bridgehead atoms. The van der Waals surface area contributed by atoms with Crippen molar-refractivity contribution in [3.8, 4) is 0 Å². The lowest BCUT2D eigenvalue weighted by molar-refractivity contribution is -0.236. The SMILES string of the molecule is CCOOC(=O)c1ccccc1.Cl. The monoisotopic (exact) mass is 202 g/mol. The lowest BCUT2D eigenvalue weighted by atomic mass is 10.2. The average Bonchev–Trinajstić information content (AvgIpc) is 2.15. The number of rotatable bonds is 3. The van der Waals surface area contributed by atoms with E-state index < -0.39 is 5.97 Å². The predicted molar refractivity (Wildman–Crippen MR) is 50.7 cm³/mol. The number of hydrogen-bond donors (Lipinski definition) is 0. The Morgan fingerprint density at radius 1 is 1.31 bits per heavy atom. The lowest BCUT2D eigenvalue weighted by Crippen LogP contribution is -2.05. The van der Waals surface area contributed by atoms with Crippen molar-refractivity contribution in [3.05, 3.63) is 35.9 Å². The molecule has 0 heterocycles. The van der Waals surface area contributed by atoms with Crippen LogP contribution in [0, 0.1) is 0 Å². The molecule has 0 saturated carbocycles. The van der Waals surface area contributed by atoms with Crippen molar-refractivity contribution < 1.29 is 14.6 Å². The molecule has 13 heavy (non-hydrogen) atoms. The number of carbonyl (C=O) groups is 1. The van der Waals surface area contributed by atoms with Gasteiger partial charge in [0, 0.05) is 0 Å². The molecule has 0 radical (unpaired) electrons. The largest absolute Gasteiger partial charge is 0.373 e. The Hall–Kier alpha value is -1.06. The Bertz CT molecular complexity index is 248. The van der Waals surface area contributed by atoms with E-state index in [4.69, 9.17) is 0 Å². The molecule has 0 aliphatic rings. The second-order valence-corrected chi connectivity index (χ2v) is 2.14. The molecule has 1 aromatic rings. The van der Waals surface area contributed by atoms with Crippen LogP contribution in [0.3, 0.4) is 0 Å². The fraction of sp³-hybridized carbons (Fsp3) is 0.222. The predicted octanol–water partition coefficient (Wildman–Crippen LogP) is 2.22. The molecule has 0 N–H and O–H groups in total. The minimum atomic E-state index is -0.461. The molecule has 0 aliphatic carbocycles. The summed E-state index contributed by atoms with van der Waals surface area (Å²) in [7, 11) is 0. The number of hydrogen-bond acceptors (Lipinski definition) is 3. The molecule has 0 aromatic heterocycles. The normalized spacial score (nSPS) is 8.69. The van der Waals surface area contributed by atoms with Crippen molar-refractivity contribution in [1.29, 1.82) is 0 Å². The van der Waals surface area contributed by atoms with Crippen LogP contribution in [0.4, 0.5) is 0 Å². The van der Waals surface area contributed by atoms with Crippen molar-refractivity contribution in [2.24, 2.45) is 0 Å². The molecule has 0 atom stereocenters. The van der Waals surface area contributed by atoms with Crippen molar-refractivity contribution in [3.63, 3.8) is 0 Å². The van der Waals surface area contributed by atoms with Gasteiger partial charge in [0.25, 0.3) is 0 Å². The third-order valence-electron chi connectivity index (χ3n) is 1.26. The molecular formula is C9H11ClO3. The summed E-state index contributed by atoms with van der Waals surface area (Å²) in [5.41, 5.74) is 0.492. The summed E-state index contributed by atoms with van der Waals surface area (Å²) in [6, 6.07) is 8.70. The van der Waals surface area contributed by atoms with Crippen molar-refractivity contribution in [2.75, 3.05) is 6.61 Å². The first-order valence-corrected chi connectivity index (χ1v) is 3.73. The maximum atomic E-state index is 11.1. The summed E-state index contributed by atoms with van der Waals surface area (Å²) in [6.45, 7) is 2.11. The number of benzene rings is 1. The van der Waals surface area contributed by atoms with Gasteiger partial charge in [0.15, 0.2) is 0 Å². The van der Waals surface area contributed by atoms with E-state index in [9.17, 15) is 4.79 Å². The molecule has 0 fully saturated rings. The first-order valence-electron chi connectivity index (χ1n) is 3.73. The minimum absolute atomic E-state index is 0.